The molecule has 0 bridgehead atoms. The van der Waals surface area contributed by atoms with Crippen LogP contribution in [0.15, 0.2) is 42.5 Å². The van der Waals surface area contributed by atoms with Gasteiger partial charge >= 0.3 is 0 Å². The van der Waals surface area contributed by atoms with E-state index in [0.717, 1.165) is 0 Å². The lowest BCUT2D eigenvalue weighted by Gasteiger charge is -2.07. The van der Waals surface area contributed by atoms with Crippen molar-refractivity contribution in [1.82, 2.24) is 0 Å². The Morgan fingerprint density at radius 1 is 1.06 bits per heavy atom. The van der Waals surface area contributed by atoms with E-state index >= 15 is 0 Å². The number of halogens is 1. The number of hydrogen-bond acceptors (Lipinski definition) is 2. The van der Waals surface area contributed by atoms with Gasteiger partial charge in [0, 0.05) is 6.07 Å². The first-order valence-electron chi connectivity index (χ1n) is 4.77. The van der Waals surface area contributed by atoms with Crippen LogP contribution in [0, 0.1) is 11.9 Å². The summed E-state index contributed by atoms with van der Waals surface area (Å²) in [5.74, 6) is 0.966. The highest BCUT2D eigenvalue weighted by Gasteiger charge is 2.04. The molecule has 0 amide bonds. The van der Waals surface area contributed by atoms with Crippen molar-refractivity contribution in [3.05, 3.63) is 54.3 Å². The number of benzene rings is 2. The Bertz CT molecular complexity index is 469. The monoisotopic (exact) mass is 217 g/mol. The predicted octanol–water partition coefficient (Wildman–Crippen LogP) is 3.43. The second kappa shape index (κ2) is 4.66. The fourth-order valence-electron chi connectivity index (χ4n) is 1.28. The summed E-state index contributed by atoms with van der Waals surface area (Å²) in [5, 5.41) is 0. The fraction of sp³-hybridized carbons (Fsp3) is 0.0769. The van der Waals surface area contributed by atoms with Gasteiger partial charge in [0.25, 0.3) is 0 Å². The van der Waals surface area contributed by atoms with Gasteiger partial charge < -0.3 is 9.47 Å². The average Bonchev–Trinajstić information content (AvgIpc) is 2.33. The molecule has 0 N–H and O–H groups in total. The average molecular weight is 217 g/mol. The molecule has 0 unspecified atom stereocenters. The van der Waals surface area contributed by atoms with E-state index in [-0.39, 0.29) is 5.75 Å². The van der Waals surface area contributed by atoms with Crippen molar-refractivity contribution < 1.29 is 13.9 Å². The highest BCUT2D eigenvalue weighted by molar-refractivity contribution is 5.37. The van der Waals surface area contributed by atoms with Crippen LogP contribution in [-0.4, -0.2) is 7.11 Å². The third kappa shape index (κ3) is 2.31. The highest BCUT2D eigenvalue weighted by atomic mass is 19.1. The Balaban J connectivity index is 2.22. The quantitative estimate of drug-likeness (QED) is 0.784. The minimum absolute atomic E-state index is 0.167. The van der Waals surface area contributed by atoms with Gasteiger partial charge in [-0.15, -0.1) is 0 Å². The minimum atomic E-state index is -0.406. The summed E-state index contributed by atoms with van der Waals surface area (Å²) in [5.41, 5.74) is 0. The molecule has 2 aromatic rings. The molecular weight excluding hydrogens is 207 g/mol. The minimum Gasteiger partial charge on any atom is -0.494 e. The van der Waals surface area contributed by atoms with Gasteiger partial charge in [0.05, 0.1) is 7.11 Å². The summed E-state index contributed by atoms with van der Waals surface area (Å²) in [4.78, 5) is 0. The molecule has 2 nitrogen and oxygen atoms in total. The van der Waals surface area contributed by atoms with E-state index in [1.807, 2.05) is 0 Å². The Morgan fingerprint density at radius 3 is 2.50 bits per heavy atom. The first-order valence-corrected chi connectivity index (χ1v) is 4.77. The van der Waals surface area contributed by atoms with Crippen LogP contribution >= 0.6 is 0 Å². The van der Waals surface area contributed by atoms with Crippen molar-refractivity contribution in [2.75, 3.05) is 7.11 Å². The standard InChI is InChI=1S/C13H10FO2/c1-15-13-9-11(7-8-12(13)14)16-10-5-3-2-4-6-10/h3-9H,1H3. The van der Waals surface area contributed by atoms with Crippen LogP contribution in [0.25, 0.3) is 0 Å². The van der Waals surface area contributed by atoms with Gasteiger partial charge in [-0.3, -0.25) is 0 Å². The molecule has 1 radical (unpaired) electrons. The summed E-state index contributed by atoms with van der Waals surface area (Å²) < 4.78 is 23.5. The van der Waals surface area contributed by atoms with Crippen molar-refractivity contribution >= 4 is 0 Å². The number of methoxy groups -OCH3 is 1. The van der Waals surface area contributed by atoms with Crippen molar-refractivity contribution in [2.45, 2.75) is 0 Å². The maximum absolute atomic E-state index is 13.1. The topological polar surface area (TPSA) is 18.5 Å². The van der Waals surface area contributed by atoms with Crippen LogP contribution in [-0.2, 0) is 0 Å². The zero-order valence-corrected chi connectivity index (χ0v) is 8.74. The molecule has 0 aromatic heterocycles. The number of ether oxygens (including phenoxy) is 2. The van der Waals surface area contributed by atoms with E-state index in [9.17, 15) is 4.39 Å². The van der Waals surface area contributed by atoms with Crippen LogP contribution in [0.2, 0.25) is 0 Å². The van der Waals surface area contributed by atoms with Crippen molar-refractivity contribution in [1.29, 1.82) is 0 Å². The molecule has 0 atom stereocenters. The Labute approximate surface area is 93.2 Å². The van der Waals surface area contributed by atoms with E-state index in [2.05, 4.69) is 6.07 Å². The molecule has 0 saturated carbocycles. The number of hydrogen-bond donors (Lipinski definition) is 0. The maximum Gasteiger partial charge on any atom is 0.165 e. The largest absolute Gasteiger partial charge is 0.494 e. The Morgan fingerprint density at radius 2 is 1.81 bits per heavy atom. The van der Waals surface area contributed by atoms with E-state index in [4.69, 9.17) is 9.47 Å². The van der Waals surface area contributed by atoms with Gasteiger partial charge in [0.15, 0.2) is 11.6 Å². The lowest BCUT2D eigenvalue weighted by atomic mass is 10.3. The predicted molar refractivity (Wildman–Crippen MR) is 58.3 cm³/mol. The van der Waals surface area contributed by atoms with Gasteiger partial charge in [0.2, 0.25) is 0 Å². The Hall–Kier alpha value is -2.03. The van der Waals surface area contributed by atoms with E-state index in [1.165, 1.54) is 19.2 Å². The van der Waals surface area contributed by atoms with E-state index < -0.39 is 5.82 Å². The molecule has 81 valence electrons. The van der Waals surface area contributed by atoms with E-state index in [1.54, 1.807) is 30.3 Å². The van der Waals surface area contributed by atoms with Gasteiger partial charge in [-0.05, 0) is 30.3 Å². The molecule has 0 aliphatic carbocycles. The molecule has 0 aliphatic rings. The van der Waals surface area contributed by atoms with Gasteiger partial charge in [0.1, 0.15) is 11.5 Å². The highest BCUT2D eigenvalue weighted by Crippen LogP contribution is 2.26. The molecular formula is C13H10FO2. The summed E-state index contributed by atoms with van der Waals surface area (Å²) in [6, 6.07) is 14.3. The lowest BCUT2D eigenvalue weighted by molar-refractivity contribution is 0.381. The zero-order valence-electron chi connectivity index (χ0n) is 8.74. The van der Waals surface area contributed by atoms with Crippen molar-refractivity contribution in [2.24, 2.45) is 0 Å². The van der Waals surface area contributed by atoms with Crippen LogP contribution < -0.4 is 9.47 Å². The normalized spacial score (nSPS) is 9.88. The number of rotatable bonds is 3. The summed E-state index contributed by atoms with van der Waals surface area (Å²) in [6.45, 7) is 0. The van der Waals surface area contributed by atoms with Crippen LogP contribution in [0.4, 0.5) is 4.39 Å². The molecule has 0 spiro atoms. The molecule has 0 heterocycles. The van der Waals surface area contributed by atoms with Crippen molar-refractivity contribution in [3.8, 4) is 17.2 Å². The second-order valence-electron chi connectivity index (χ2n) is 3.13. The molecule has 2 rings (SSSR count). The van der Waals surface area contributed by atoms with Crippen molar-refractivity contribution in [3.63, 3.8) is 0 Å². The fourth-order valence-corrected chi connectivity index (χ4v) is 1.28. The SMILES string of the molecule is COc1cc(Oc2cc[c]cc2)ccc1F. The maximum atomic E-state index is 13.1. The summed E-state index contributed by atoms with van der Waals surface area (Å²) in [6.07, 6.45) is 0. The lowest BCUT2D eigenvalue weighted by Crippen LogP contribution is -1.89. The first kappa shape index (κ1) is 10.5. The third-order valence-electron chi connectivity index (χ3n) is 2.05. The molecule has 2 aromatic carbocycles. The smallest absolute Gasteiger partial charge is 0.165 e. The van der Waals surface area contributed by atoms with Crippen LogP contribution in [0.1, 0.15) is 0 Å². The first-order chi connectivity index (χ1) is 7.79. The van der Waals surface area contributed by atoms with E-state index in [0.29, 0.717) is 11.5 Å². The Kier molecular flexibility index (Phi) is 3.05. The van der Waals surface area contributed by atoms with Gasteiger partial charge in [-0.25, -0.2) is 4.39 Å². The molecule has 3 heteroatoms. The second-order valence-corrected chi connectivity index (χ2v) is 3.13. The summed E-state index contributed by atoms with van der Waals surface area (Å²) in [7, 11) is 1.42. The van der Waals surface area contributed by atoms with Gasteiger partial charge in [-0.1, -0.05) is 12.1 Å². The third-order valence-corrected chi connectivity index (χ3v) is 2.05. The molecule has 0 aliphatic heterocycles. The van der Waals surface area contributed by atoms with Crippen LogP contribution in [0.3, 0.4) is 0 Å². The summed E-state index contributed by atoms with van der Waals surface area (Å²) >= 11 is 0. The molecule has 16 heavy (non-hydrogen) atoms. The van der Waals surface area contributed by atoms with Gasteiger partial charge in [-0.2, -0.15) is 0 Å². The zero-order chi connectivity index (χ0) is 11.4. The molecule has 0 fully saturated rings. The van der Waals surface area contributed by atoms with Crippen LogP contribution in [0.5, 0.6) is 17.2 Å². The molecule has 0 saturated heterocycles.